The fraction of sp³-hybridized carbons (Fsp3) is 0.667. The molecular weight excluding hydrogens is 194 g/mol. The summed E-state index contributed by atoms with van der Waals surface area (Å²) >= 11 is 1.56. The van der Waals surface area contributed by atoms with Crippen LogP contribution in [0.3, 0.4) is 0 Å². The van der Waals surface area contributed by atoms with Gasteiger partial charge in [0.2, 0.25) is 0 Å². The maximum Gasteiger partial charge on any atom is 0.294 e. The number of hydrogen-bond donors (Lipinski definition) is 0. The number of rotatable bonds is 5. The monoisotopic (exact) mass is 205 g/mol. The Hall–Kier alpha value is -0.790. The molecule has 6 nitrogen and oxygen atoms in total. The molecule has 7 heteroatoms. The fourth-order valence-corrected chi connectivity index (χ4v) is 1.60. The Bertz CT molecular complexity index is 203. The lowest BCUT2D eigenvalue weighted by Crippen LogP contribution is -2.35. The van der Waals surface area contributed by atoms with Crippen LogP contribution in [-0.4, -0.2) is 41.3 Å². The van der Waals surface area contributed by atoms with E-state index >= 15 is 0 Å². The minimum Gasteiger partial charge on any atom is -0.312 e. The Kier molecular flexibility index (Phi) is 4.00. The first-order valence-electron chi connectivity index (χ1n) is 3.78. The summed E-state index contributed by atoms with van der Waals surface area (Å²) in [7, 11) is 1.86. The van der Waals surface area contributed by atoms with Crippen LogP contribution in [0.25, 0.3) is 0 Å². The van der Waals surface area contributed by atoms with Gasteiger partial charge in [-0.2, -0.15) is 4.41 Å². The van der Waals surface area contributed by atoms with Crippen molar-refractivity contribution in [3.63, 3.8) is 0 Å². The van der Waals surface area contributed by atoms with Gasteiger partial charge >= 0.3 is 0 Å². The van der Waals surface area contributed by atoms with Crippen molar-refractivity contribution in [2.45, 2.75) is 0 Å². The van der Waals surface area contributed by atoms with Crippen molar-refractivity contribution >= 4 is 11.9 Å². The minimum absolute atomic E-state index is 0.0978. The van der Waals surface area contributed by atoms with Crippen molar-refractivity contribution in [2.75, 3.05) is 26.7 Å². The normalized spacial score (nSPS) is 16.8. The molecular formula is C6H11N3O3S. The number of hydrazine groups is 1. The molecule has 0 fully saturated rings. The molecule has 13 heavy (non-hydrogen) atoms. The Morgan fingerprint density at radius 3 is 3.15 bits per heavy atom. The summed E-state index contributed by atoms with van der Waals surface area (Å²) in [4.78, 5) is 14.0. The quantitative estimate of drug-likeness (QED) is 0.370. The summed E-state index contributed by atoms with van der Waals surface area (Å²) in [5.74, 6) is 0. The van der Waals surface area contributed by atoms with Gasteiger partial charge in [-0.25, -0.2) is 5.01 Å². The zero-order chi connectivity index (χ0) is 9.68. The van der Waals surface area contributed by atoms with Crippen LogP contribution < -0.4 is 0 Å². The summed E-state index contributed by atoms with van der Waals surface area (Å²) < 4.78 is 1.99. The van der Waals surface area contributed by atoms with Gasteiger partial charge in [0.05, 0.1) is 0 Å². The summed E-state index contributed by atoms with van der Waals surface area (Å²) in [6, 6.07) is 0. The highest BCUT2D eigenvalue weighted by Gasteiger charge is 2.12. The SMILES string of the molecule is CN(CCO[N+](=O)[O-])N1CC=CS1. The molecule has 1 aliphatic heterocycles. The maximum atomic E-state index is 9.84. The molecule has 0 spiro atoms. The van der Waals surface area contributed by atoms with Gasteiger partial charge in [0, 0.05) is 20.1 Å². The van der Waals surface area contributed by atoms with E-state index in [-0.39, 0.29) is 6.61 Å². The van der Waals surface area contributed by atoms with Crippen LogP contribution in [0, 0.1) is 10.1 Å². The zero-order valence-corrected chi connectivity index (χ0v) is 8.07. The average Bonchev–Trinajstić information content (AvgIpc) is 2.55. The van der Waals surface area contributed by atoms with E-state index in [1.807, 2.05) is 28.0 Å². The van der Waals surface area contributed by atoms with E-state index < -0.39 is 5.09 Å². The topological polar surface area (TPSA) is 58.9 Å². The van der Waals surface area contributed by atoms with E-state index in [0.717, 1.165) is 6.54 Å². The molecule has 1 heterocycles. The van der Waals surface area contributed by atoms with Gasteiger partial charge in [-0.3, -0.25) is 0 Å². The standard InChI is InChI=1S/C6H11N3O3S/c1-7(4-5-12-9(10)11)8-3-2-6-13-8/h2,6H,3-5H2,1H3. The molecule has 0 saturated carbocycles. The Labute approximate surface area is 80.3 Å². The van der Waals surface area contributed by atoms with E-state index in [0.29, 0.717) is 6.54 Å². The maximum absolute atomic E-state index is 9.84. The summed E-state index contributed by atoms with van der Waals surface area (Å²) in [6.45, 7) is 1.44. The van der Waals surface area contributed by atoms with Crippen molar-refractivity contribution in [1.29, 1.82) is 0 Å². The van der Waals surface area contributed by atoms with E-state index in [1.165, 1.54) is 0 Å². The van der Waals surface area contributed by atoms with Crippen molar-refractivity contribution in [1.82, 2.24) is 9.42 Å². The average molecular weight is 205 g/mol. The van der Waals surface area contributed by atoms with Crippen molar-refractivity contribution in [3.8, 4) is 0 Å². The second kappa shape index (κ2) is 5.05. The van der Waals surface area contributed by atoms with E-state index in [9.17, 15) is 10.1 Å². The van der Waals surface area contributed by atoms with Crippen LogP contribution in [0.2, 0.25) is 0 Å². The Morgan fingerprint density at radius 2 is 2.62 bits per heavy atom. The van der Waals surface area contributed by atoms with Crippen LogP contribution in [0.15, 0.2) is 11.5 Å². The van der Waals surface area contributed by atoms with Crippen molar-refractivity contribution in [3.05, 3.63) is 21.6 Å². The van der Waals surface area contributed by atoms with E-state index in [1.54, 1.807) is 11.9 Å². The second-order valence-electron chi connectivity index (χ2n) is 2.45. The van der Waals surface area contributed by atoms with Crippen LogP contribution in [-0.2, 0) is 4.84 Å². The lowest BCUT2D eigenvalue weighted by atomic mass is 10.6. The molecule has 0 aromatic heterocycles. The first kappa shape index (κ1) is 10.3. The first-order valence-corrected chi connectivity index (χ1v) is 4.61. The molecule has 74 valence electrons. The third-order valence-corrected chi connectivity index (χ3v) is 2.52. The smallest absolute Gasteiger partial charge is 0.294 e. The molecule has 0 aromatic rings. The lowest BCUT2D eigenvalue weighted by Gasteiger charge is -2.25. The first-order chi connectivity index (χ1) is 6.20. The lowest BCUT2D eigenvalue weighted by molar-refractivity contribution is -0.757. The van der Waals surface area contributed by atoms with Crippen molar-refractivity contribution < 1.29 is 9.92 Å². The van der Waals surface area contributed by atoms with Gasteiger partial charge in [0.1, 0.15) is 6.61 Å². The molecule has 1 rings (SSSR count). The molecule has 0 unspecified atom stereocenters. The molecule has 0 amide bonds. The largest absolute Gasteiger partial charge is 0.312 e. The zero-order valence-electron chi connectivity index (χ0n) is 7.25. The van der Waals surface area contributed by atoms with Gasteiger partial charge in [-0.05, 0) is 17.4 Å². The van der Waals surface area contributed by atoms with Gasteiger partial charge in [-0.1, -0.05) is 6.08 Å². The Morgan fingerprint density at radius 1 is 1.85 bits per heavy atom. The van der Waals surface area contributed by atoms with Crippen LogP contribution in [0.1, 0.15) is 0 Å². The summed E-state index contributed by atoms with van der Waals surface area (Å²) in [5.41, 5.74) is 0. The molecule has 0 radical (unpaired) electrons. The van der Waals surface area contributed by atoms with Gasteiger partial charge < -0.3 is 4.84 Å². The number of likely N-dealkylation sites (N-methyl/N-ethyl adjacent to an activating group) is 1. The molecule has 0 aliphatic carbocycles. The minimum atomic E-state index is -0.775. The highest BCUT2D eigenvalue weighted by atomic mass is 32.2. The number of nitrogens with zero attached hydrogens (tertiary/aromatic N) is 3. The third kappa shape index (κ3) is 3.62. The molecule has 0 N–H and O–H groups in total. The highest BCUT2D eigenvalue weighted by Crippen LogP contribution is 2.18. The Balaban J connectivity index is 2.10. The molecule has 0 saturated heterocycles. The van der Waals surface area contributed by atoms with Crippen molar-refractivity contribution in [2.24, 2.45) is 0 Å². The number of hydrogen-bond acceptors (Lipinski definition) is 6. The molecule has 0 bridgehead atoms. The van der Waals surface area contributed by atoms with Gasteiger partial charge in [-0.15, -0.1) is 10.1 Å². The van der Waals surface area contributed by atoms with Gasteiger partial charge in [0.15, 0.2) is 0 Å². The summed E-state index contributed by atoms with van der Waals surface area (Å²) in [6.07, 6.45) is 2.02. The predicted molar refractivity (Wildman–Crippen MR) is 49.0 cm³/mol. The van der Waals surface area contributed by atoms with Gasteiger partial charge in [0.25, 0.3) is 5.09 Å². The second-order valence-corrected chi connectivity index (χ2v) is 3.35. The molecule has 0 atom stereocenters. The van der Waals surface area contributed by atoms with E-state index in [2.05, 4.69) is 4.84 Å². The van der Waals surface area contributed by atoms with E-state index in [4.69, 9.17) is 0 Å². The third-order valence-electron chi connectivity index (χ3n) is 1.53. The highest BCUT2D eigenvalue weighted by molar-refractivity contribution is 8.00. The predicted octanol–water partition coefficient (Wildman–Crippen LogP) is 0.519. The molecule has 0 aromatic carbocycles. The molecule has 1 aliphatic rings. The van der Waals surface area contributed by atoms with Crippen LogP contribution in [0.5, 0.6) is 0 Å². The van der Waals surface area contributed by atoms with Crippen LogP contribution in [0.4, 0.5) is 0 Å². The summed E-state index contributed by atoms with van der Waals surface area (Å²) in [5, 5.41) is 12.9. The fourth-order valence-electron chi connectivity index (χ4n) is 0.868. The van der Waals surface area contributed by atoms with Crippen LogP contribution >= 0.6 is 11.9 Å².